The summed E-state index contributed by atoms with van der Waals surface area (Å²) in [7, 11) is -1.88. The Morgan fingerprint density at radius 3 is 2.33 bits per heavy atom. The second-order valence-corrected chi connectivity index (χ2v) is 7.00. The summed E-state index contributed by atoms with van der Waals surface area (Å²) in [6, 6.07) is 11.2. The summed E-state index contributed by atoms with van der Waals surface area (Å²) in [6.07, 6.45) is 0. The van der Waals surface area contributed by atoms with Crippen LogP contribution in [0.3, 0.4) is 0 Å². The second-order valence-electron chi connectivity index (χ2n) is 4.44. The molecule has 0 fully saturated rings. The van der Waals surface area contributed by atoms with E-state index in [0.29, 0.717) is 22.3 Å². The van der Waals surface area contributed by atoms with Gasteiger partial charge in [0.25, 0.3) is 10.0 Å². The molecule has 0 aliphatic carbocycles. The normalized spacial score (nSPS) is 11.4. The van der Waals surface area contributed by atoms with Gasteiger partial charge in [0.15, 0.2) is 0 Å². The zero-order valence-corrected chi connectivity index (χ0v) is 13.6. The van der Waals surface area contributed by atoms with E-state index in [1.54, 1.807) is 19.2 Å². The SMILES string of the molecule is CNCc1cccc(S(=O)(=O)Nc2cc(Cl)cc(Cl)c2)c1. The number of anilines is 1. The molecule has 0 aliphatic rings. The van der Waals surface area contributed by atoms with Gasteiger partial charge in [0, 0.05) is 16.6 Å². The van der Waals surface area contributed by atoms with E-state index in [0.717, 1.165) is 5.56 Å². The molecule has 112 valence electrons. The standard InChI is InChI=1S/C14H14Cl2N2O2S/c1-17-9-10-3-2-4-14(5-10)21(19,20)18-13-7-11(15)6-12(16)8-13/h2-8,17-18H,9H2,1H3. The Kier molecular flexibility index (Phi) is 5.11. The van der Waals surface area contributed by atoms with Crippen LogP contribution in [0.15, 0.2) is 47.4 Å². The molecule has 21 heavy (non-hydrogen) atoms. The molecule has 2 aromatic carbocycles. The molecule has 0 unspecified atom stereocenters. The number of benzene rings is 2. The van der Waals surface area contributed by atoms with Crippen molar-refractivity contribution in [3.8, 4) is 0 Å². The summed E-state index contributed by atoms with van der Waals surface area (Å²) in [5.41, 5.74) is 1.20. The molecule has 0 atom stereocenters. The Balaban J connectivity index is 2.31. The van der Waals surface area contributed by atoms with Crippen LogP contribution in [-0.4, -0.2) is 15.5 Å². The van der Waals surface area contributed by atoms with Crippen LogP contribution < -0.4 is 10.0 Å². The molecule has 2 aromatic rings. The third-order valence-electron chi connectivity index (χ3n) is 2.70. The Bertz CT molecular complexity index is 728. The first-order valence-electron chi connectivity index (χ1n) is 6.13. The van der Waals surface area contributed by atoms with Gasteiger partial charge in [-0.25, -0.2) is 8.42 Å². The van der Waals surface area contributed by atoms with E-state index in [4.69, 9.17) is 23.2 Å². The van der Waals surface area contributed by atoms with Crippen LogP contribution in [0.2, 0.25) is 10.0 Å². The summed E-state index contributed by atoms with van der Waals surface area (Å²) >= 11 is 11.7. The first kappa shape index (κ1) is 16.1. The topological polar surface area (TPSA) is 58.2 Å². The highest BCUT2D eigenvalue weighted by molar-refractivity contribution is 7.92. The van der Waals surface area contributed by atoms with Gasteiger partial charge in [0.1, 0.15) is 0 Å². The van der Waals surface area contributed by atoms with Gasteiger partial charge in [-0.3, -0.25) is 4.72 Å². The lowest BCUT2D eigenvalue weighted by atomic mass is 10.2. The summed E-state index contributed by atoms with van der Waals surface area (Å²) in [6.45, 7) is 0.590. The van der Waals surface area contributed by atoms with Gasteiger partial charge >= 0.3 is 0 Å². The molecule has 0 aliphatic heterocycles. The number of hydrogen-bond acceptors (Lipinski definition) is 3. The molecule has 0 heterocycles. The van der Waals surface area contributed by atoms with Crippen molar-refractivity contribution in [1.29, 1.82) is 0 Å². The van der Waals surface area contributed by atoms with Crippen molar-refractivity contribution < 1.29 is 8.42 Å². The summed E-state index contributed by atoms with van der Waals surface area (Å²) in [4.78, 5) is 0.186. The van der Waals surface area contributed by atoms with Gasteiger partial charge in [-0.15, -0.1) is 0 Å². The maximum absolute atomic E-state index is 12.4. The van der Waals surface area contributed by atoms with Gasteiger partial charge in [-0.1, -0.05) is 35.3 Å². The van der Waals surface area contributed by atoms with Gasteiger partial charge in [0.2, 0.25) is 0 Å². The first-order valence-corrected chi connectivity index (χ1v) is 8.37. The molecule has 0 aromatic heterocycles. The largest absolute Gasteiger partial charge is 0.316 e. The van der Waals surface area contributed by atoms with E-state index in [9.17, 15) is 8.42 Å². The van der Waals surface area contributed by atoms with E-state index in [1.165, 1.54) is 24.3 Å². The van der Waals surface area contributed by atoms with Crippen LogP contribution in [-0.2, 0) is 16.6 Å². The number of halogens is 2. The van der Waals surface area contributed by atoms with Crippen LogP contribution in [0.4, 0.5) is 5.69 Å². The quantitative estimate of drug-likeness (QED) is 0.872. The van der Waals surface area contributed by atoms with Crippen LogP contribution >= 0.6 is 23.2 Å². The third kappa shape index (κ3) is 4.35. The van der Waals surface area contributed by atoms with E-state index >= 15 is 0 Å². The molecule has 0 amide bonds. The van der Waals surface area contributed by atoms with E-state index in [1.807, 2.05) is 6.07 Å². The predicted octanol–water partition coefficient (Wildman–Crippen LogP) is 3.51. The monoisotopic (exact) mass is 344 g/mol. The second kappa shape index (κ2) is 6.66. The van der Waals surface area contributed by atoms with Crippen LogP contribution in [0.25, 0.3) is 0 Å². The zero-order valence-electron chi connectivity index (χ0n) is 11.2. The maximum atomic E-state index is 12.4. The van der Waals surface area contributed by atoms with Crippen molar-refractivity contribution in [3.05, 3.63) is 58.1 Å². The minimum absolute atomic E-state index is 0.186. The molecule has 0 saturated carbocycles. The fourth-order valence-corrected chi connectivity index (χ4v) is 3.49. The molecule has 0 bridgehead atoms. The molecule has 2 rings (SSSR count). The molecular weight excluding hydrogens is 331 g/mol. The molecule has 0 saturated heterocycles. The first-order chi connectivity index (χ1) is 9.90. The van der Waals surface area contributed by atoms with Crippen molar-refractivity contribution in [1.82, 2.24) is 5.32 Å². The van der Waals surface area contributed by atoms with Crippen LogP contribution in [0.5, 0.6) is 0 Å². The van der Waals surface area contributed by atoms with Gasteiger partial charge in [-0.2, -0.15) is 0 Å². The molecule has 2 N–H and O–H groups in total. The Morgan fingerprint density at radius 1 is 1.05 bits per heavy atom. The Hall–Kier alpha value is -1.27. The molecule has 4 nitrogen and oxygen atoms in total. The van der Waals surface area contributed by atoms with E-state index < -0.39 is 10.0 Å². The van der Waals surface area contributed by atoms with Gasteiger partial charge < -0.3 is 5.32 Å². The Labute approximate surface area is 134 Å². The number of rotatable bonds is 5. The smallest absolute Gasteiger partial charge is 0.261 e. The minimum atomic E-state index is -3.68. The van der Waals surface area contributed by atoms with Crippen molar-refractivity contribution in [2.45, 2.75) is 11.4 Å². The highest BCUT2D eigenvalue weighted by Crippen LogP contribution is 2.24. The molecule has 0 spiro atoms. The average molecular weight is 345 g/mol. The minimum Gasteiger partial charge on any atom is -0.316 e. The van der Waals surface area contributed by atoms with E-state index in [2.05, 4.69) is 10.0 Å². The fourth-order valence-electron chi connectivity index (χ4n) is 1.85. The highest BCUT2D eigenvalue weighted by atomic mass is 35.5. The maximum Gasteiger partial charge on any atom is 0.261 e. The predicted molar refractivity (Wildman–Crippen MR) is 86.5 cm³/mol. The number of sulfonamides is 1. The summed E-state index contributed by atoms with van der Waals surface area (Å²) < 4.78 is 27.2. The van der Waals surface area contributed by atoms with Gasteiger partial charge in [0.05, 0.1) is 10.6 Å². The van der Waals surface area contributed by atoms with Crippen molar-refractivity contribution >= 4 is 38.9 Å². The summed E-state index contributed by atoms with van der Waals surface area (Å²) in [5.74, 6) is 0. The van der Waals surface area contributed by atoms with E-state index in [-0.39, 0.29) is 4.90 Å². The van der Waals surface area contributed by atoms with Crippen molar-refractivity contribution in [2.75, 3.05) is 11.8 Å². The van der Waals surface area contributed by atoms with Gasteiger partial charge in [-0.05, 0) is 42.9 Å². The molecule has 7 heteroatoms. The lowest BCUT2D eigenvalue weighted by molar-refractivity contribution is 0.601. The van der Waals surface area contributed by atoms with Crippen LogP contribution in [0.1, 0.15) is 5.56 Å². The molecule has 0 radical (unpaired) electrons. The number of hydrogen-bond donors (Lipinski definition) is 2. The number of nitrogens with one attached hydrogen (secondary N) is 2. The average Bonchev–Trinajstić information content (AvgIpc) is 2.37. The van der Waals surface area contributed by atoms with Crippen molar-refractivity contribution in [3.63, 3.8) is 0 Å². The third-order valence-corrected chi connectivity index (χ3v) is 4.52. The zero-order chi connectivity index (χ0) is 15.5. The van der Waals surface area contributed by atoms with Crippen LogP contribution in [0, 0.1) is 0 Å². The molecular formula is C14H14Cl2N2O2S. The fraction of sp³-hybridized carbons (Fsp3) is 0.143. The van der Waals surface area contributed by atoms with Crippen molar-refractivity contribution in [2.24, 2.45) is 0 Å². The highest BCUT2D eigenvalue weighted by Gasteiger charge is 2.15. The Morgan fingerprint density at radius 2 is 1.71 bits per heavy atom. The summed E-state index contributed by atoms with van der Waals surface area (Å²) in [5, 5.41) is 3.71. The lowest BCUT2D eigenvalue weighted by Gasteiger charge is -2.10. The lowest BCUT2D eigenvalue weighted by Crippen LogP contribution is -2.14.